The van der Waals surface area contributed by atoms with E-state index in [-0.39, 0.29) is 4.90 Å². The van der Waals surface area contributed by atoms with Gasteiger partial charge in [0.15, 0.2) is 5.13 Å². The Bertz CT molecular complexity index is 936. The van der Waals surface area contributed by atoms with Crippen LogP contribution in [0.25, 0.3) is 0 Å². The number of aryl methyl sites for hydroxylation is 2. The maximum absolute atomic E-state index is 12.5. The Labute approximate surface area is 149 Å². The Kier molecular flexibility index (Phi) is 4.88. The number of rotatable bonds is 6. The molecular formula is C15H15ClN4O2S2. The fraction of sp³-hybridized carbons (Fsp3) is 0.200. The van der Waals surface area contributed by atoms with E-state index in [1.54, 1.807) is 31.6 Å². The van der Waals surface area contributed by atoms with E-state index >= 15 is 0 Å². The molecule has 1 N–H and O–H groups in total. The van der Waals surface area contributed by atoms with Gasteiger partial charge >= 0.3 is 0 Å². The van der Waals surface area contributed by atoms with Crippen molar-refractivity contribution in [1.29, 1.82) is 0 Å². The van der Waals surface area contributed by atoms with Gasteiger partial charge in [-0.3, -0.25) is 4.72 Å². The van der Waals surface area contributed by atoms with E-state index in [4.69, 9.17) is 11.6 Å². The summed E-state index contributed by atoms with van der Waals surface area (Å²) in [6.45, 7) is 2.42. The maximum Gasteiger partial charge on any atom is 0.263 e. The third kappa shape index (κ3) is 3.77. The topological polar surface area (TPSA) is 76.9 Å². The van der Waals surface area contributed by atoms with Crippen LogP contribution in [0.15, 0.2) is 47.2 Å². The first-order valence-corrected chi connectivity index (χ1v) is 9.88. The Morgan fingerprint density at radius 1 is 1.38 bits per heavy atom. The SMILES string of the molecule is Cc1c(Cl)cccc1S(=O)(=O)Nc1nc(CCn2ccnc2)cs1. The Morgan fingerprint density at radius 2 is 2.21 bits per heavy atom. The number of hydrogen-bond donors (Lipinski definition) is 1. The van der Waals surface area contributed by atoms with Crippen molar-refractivity contribution in [2.75, 3.05) is 4.72 Å². The van der Waals surface area contributed by atoms with E-state index in [0.29, 0.717) is 22.1 Å². The third-order valence-electron chi connectivity index (χ3n) is 3.47. The molecule has 3 aromatic rings. The van der Waals surface area contributed by atoms with Gasteiger partial charge in [-0.05, 0) is 24.6 Å². The van der Waals surface area contributed by atoms with Crippen molar-refractivity contribution in [3.05, 3.63) is 58.6 Å². The monoisotopic (exact) mass is 382 g/mol. The van der Waals surface area contributed by atoms with Gasteiger partial charge in [0.05, 0.1) is 16.9 Å². The van der Waals surface area contributed by atoms with Gasteiger partial charge in [0.1, 0.15) is 0 Å². The lowest BCUT2D eigenvalue weighted by molar-refractivity contribution is 0.600. The maximum atomic E-state index is 12.5. The van der Waals surface area contributed by atoms with Crippen LogP contribution in [0.5, 0.6) is 0 Å². The minimum Gasteiger partial charge on any atom is -0.337 e. The Balaban J connectivity index is 1.72. The predicted octanol–water partition coefficient (Wildman–Crippen LogP) is 3.34. The minimum absolute atomic E-state index is 0.158. The molecule has 0 radical (unpaired) electrons. The summed E-state index contributed by atoms with van der Waals surface area (Å²) in [6.07, 6.45) is 6.02. The number of anilines is 1. The molecule has 0 atom stereocenters. The number of nitrogens with one attached hydrogen (secondary N) is 1. The van der Waals surface area contributed by atoms with Crippen LogP contribution in [-0.2, 0) is 23.0 Å². The zero-order valence-corrected chi connectivity index (χ0v) is 15.2. The number of imidazole rings is 1. The normalized spacial score (nSPS) is 11.6. The van der Waals surface area contributed by atoms with Gasteiger partial charge in [0.25, 0.3) is 10.0 Å². The van der Waals surface area contributed by atoms with Gasteiger partial charge in [-0.15, -0.1) is 11.3 Å². The first-order valence-electron chi connectivity index (χ1n) is 7.14. The van der Waals surface area contributed by atoms with E-state index < -0.39 is 10.0 Å². The predicted molar refractivity (Wildman–Crippen MR) is 95.0 cm³/mol. The van der Waals surface area contributed by atoms with Crippen LogP contribution >= 0.6 is 22.9 Å². The van der Waals surface area contributed by atoms with Crippen LogP contribution in [0, 0.1) is 6.92 Å². The van der Waals surface area contributed by atoms with Gasteiger partial charge < -0.3 is 4.57 Å². The molecule has 0 fully saturated rings. The van der Waals surface area contributed by atoms with Crippen molar-refractivity contribution in [3.8, 4) is 0 Å². The average Bonchev–Trinajstić information content (AvgIpc) is 3.19. The second kappa shape index (κ2) is 6.92. The van der Waals surface area contributed by atoms with Crippen LogP contribution in [-0.4, -0.2) is 23.0 Å². The molecule has 0 saturated carbocycles. The second-order valence-corrected chi connectivity index (χ2v) is 8.08. The molecule has 126 valence electrons. The van der Waals surface area contributed by atoms with E-state index in [1.165, 1.54) is 17.4 Å². The highest BCUT2D eigenvalue weighted by Crippen LogP contribution is 2.26. The van der Waals surface area contributed by atoms with Crippen LogP contribution in [0.3, 0.4) is 0 Å². The van der Waals surface area contributed by atoms with Gasteiger partial charge in [-0.25, -0.2) is 18.4 Å². The fourth-order valence-corrected chi connectivity index (χ4v) is 4.68. The summed E-state index contributed by atoms with van der Waals surface area (Å²) in [5, 5.41) is 2.60. The summed E-state index contributed by atoms with van der Waals surface area (Å²) >= 11 is 7.26. The summed E-state index contributed by atoms with van der Waals surface area (Å²) in [5.41, 5.74) is 1.35. The Hall–Kier alpha value is -1.90. The minimum atomic E-state index is -3.71. The molecule has 0 aliphatic rings. The molecule has 9 heteroatoms. The smallest absolute Gasteiger partial charge is 0.263 e. The number of hydrogen-bond acceptors (Lipinski definition) is 5. The zero-order chi connectivity index (χ0) is 17.2. The van der Waals surface area contributed by atoms with Crippen molar-refractivity contribution in [1.82, 2.24) is 14.5 Å². The summed E-state index contributed by atoms with van der Waals surface area (Å²) < 4.78 is 29.5. The lowest BCUT2D eigenvalue weighted by Crippen LogP contribution is -2.14. The van der Waals surface area contributed by atoms with Crippen LogP contribution in [0.2, 0.25) is 5.02 Å². The highest BCUT2D eigenvalue weighted by molar-refractivity contribution is 7.93. The molecule has 24 heavy (non-hydrogen) atoms. The molecule has 0 amide bonds. The molecule has 6 nitrogen and oxygen atoms in total. The van der Waals surface area contributed by atoms with Crippen molar-refractivity contribution in [2.45, 2.75) is 24.8 Å². The summed E-state index contributed by atoms with van der Waals surface area (Å²) in [5.74, 6) is 0. The van der Waals surface area contributed by atoms with E-state index in [2.05, 4.69) is 14.7 Å². The van der Waals surface area contributed by atoms with Crippen molar-refractivity contribution >= 4 is 38.1 Å². The third-order valence-corrected chi connectivity index (χ3v) is 6.29. The molecule has 0 unspecified atom stereocenters. The number of nitrogens with zero attached hydrogens (tertiary/aromatic N) is 3. The molecule has 1 aromatic carbocycles. The number of sulfonamides is 1. The highest BCUT2D eigenvalue weighted by Gasteiger charge is 2.19. The molecular weight excluding hydrogens is 368 g/mol. The van der Waals surface area contributed by atoms with Gasteiger partial charge in [-0.2, -0.15) is 0 Å². The molecule has 2 aromatic heterocycles. The van der Waals surface area contributed by atoms with Crippen molar-refractivity contribution in [2.24, 2.45) is 0 Å². The van der Waals surface area contributed by atoms with Crippen molar-refractivity contribution < 1.29 is 8.42 Å². The number of benzene rings is 1. The molecule has 0 bridgehead atoms. The molecule has 2 heterocycles. The lowest BCUT2D eigenvalue weighted by Gasteiger charge is -2.09. The van der Waals surface area contributed by atoms with Gasteiger partial charge in [-0.1, -0.05) is 17.7 Å². The molecule has 0 saturated heterocycles. The summed E-state index contributed by atoms with van der Waals surface area (Å²) in [4.78, 5) is 8.47. The standard InChI is InChI=1S/C15H15ClN4O2S2/c1-11-13(16)3-2-4-14(11)24(21,22)19-15-18-12(9-23-15)5-7-20-8-6-17-10-20/h2-4,6,8-10H,5,7H2,1H3,(H,18,19). The van der Waals surface area contributed by atoms with Gasteiger partial charge in [0, 0.05) is 35.8 Å². The van der Waals surface area contributed by atoms with Crippen LogP contribution in [0.4, 0.5) is 5.13 Å². The van der Waals surface area contributed by atoms with E-state index in [0.717, 1.165) is 12.2 Å². The summed E-state index contributed by atoms with van der Waals surface area (Å²) in [7, 11) is -3.71. The first kappa shape index (κ1) is 16.9. The number of aromatic nitrogens is 3. The Morgan fingerprint density at radius 3 is 2.96 bits per heavy atom. The molecule has 0 aliphatic carbocycles. The number of halogens is 1. The summed E-state index contributed by atoms with van der Waals surface area (Å²) in [6, 6.07) is 4.80. The fourth-order valence-electron chi connectivity index (χ4n) is 2.18. The van der Waals surface area contributed by atoms with Crippen LogP contribution < -0.4 is 4.72 Å². The van der Waals surface area contributed by atoms with Crippen LogP contribution in [0.1, 0.15) is 11.3 Å². The van der Waals surface area contributed by atoms with Crippen molar-refractivity contribution in [3.63, 3.8) is 0 Å². The second-order valence-electron chi connectivity index (χ2n) is 5.16. The largest absolute Gasteiger partial charge is 0.337 e. The highest BCUT2D eigenvalue weighted by atomic mass is 35.5. The lowest BCUT2D eigenvalue weighted by atomic mass is 10.2. The first-order chi connectivity index (χ1) is 11.5. The molecule has 0 aliphatic heterocycles. The molecule has 0 spiro atoms. The van der Waals surface area contributed by atoms with E-state index in [9.17, 15) is 8.42 Å². The quantitative estimate of drug-likeness (QED) is 0.709. The average molecular weight is 383 g/mol. The van der Waals surface area contributed by atoms with Gasteiger partial charge in [0.2, 0.25) is 0 Å². The molecule has 3 rings (SSSR count). The number of thiazole rings is 1. The van der Waals surface area contributed by atoms with E-state index in [1.807, 2.05) is 16.1 Å². The zero-order valence-electron chi connectivity index (χ0n) is 12.8.